The van der Waals surface area contributed by atoms with E-state index in [1.54, 1.807) is 0 Å². The lowest BCUT2D eigenvalue weighted by Crippen LogP contribution is -2.24. The van der Waals surface area contributed by atoms with E-state index in [0.717, 1.165) is 45.2 Å². The highest BCUT2D eigenvalue weighted by Crippen LogP contribution is 2.13. The number of aliphatic hydroxyl groups excluding tert-OH is 2. The van der Waals surface area contributed by atoms with E-state index in [9.17, 15) is 5.11 Å². The second kappa shape index (κ2) is 8.72. The molecule has 0 amide bonds. The van der Waals surface area contributed by atoms with Gasteiger partial charge in [-0.05, 0) is 31.4 Å². The maximum absolute atomic E-state index is 9.55. The highest BCUT2D eigenvalue weighted by molar-refractivity contribution is 5.14. The molecule has 1 atom stereocenters. The maximum Gasteiger partial charge on any atom is 0.0719 e. The minimum atomic E-state index is -0.0780. The lowest BCUT2D eigenvalue weighted by Gasteiger charge is -2.19. The quantitative estimate of drug-likeness (QED) is 0.792. The van der Waals surface area contributed by atoms with Crippen molar-refractivity contribution in [3.05, 3.63) is 48.7 Å². The van der Waals surface area contributed by atoms with Gasteiger partial charge in [0.2, 0.25) is 0 Å². The topological polar surface area (TPSA) is 43.7 Å². The predicted octanol–water partition coefficient (Wildman–Crippen LogP) is 2.72. The van der Waals surface area contributed by atoms with Gasteiger partial charge in [0.05, 0.1) is 12.4 Å². The number of hydrogen-bond donors (Lipinski definition) is 2. The Kier molecular flexibility index (Phi) is 7.14. The molecular weight excluding hydrogens is 226 g/mol. The second-order valence-corrected chi connectivity index (χ2v) is 4.53. The molecule has 1 saturated heterocycles. The van der Waals surface area contributed by atoms with Gasteiger partial charge in [-0.3, -0.25) is 4.90 Å². The molecule has 2 rings (SSSR count). The molecule has 1 fully saturated rings. The van der Waals surface area contributed by atoms with Crippen LogP contribution in [0.4, 0.5) is 0 Å². The van der Waals surface area contributed by atoms with Crippen molar-refractivity contribution < 1.29 is 10.2 Å². The minimum absolute atomic E-state index is 0.0780. The molecule has 3 heteroatoms. The minimum Gasteiger partial charge on any atom is -0.516 e. The third kappa shape index (κ3) is 5.84. The molecule has 3 nitrogen and oxygen atoms in total. The van der Waals surface area contributed by atoms with Gasteiger partial charge in [0.25, 0.3) is 0 Å². The zero-order valence-electron chi connectivity index (χ0n) is 10.8. The van der Waals surface area contributed by atoms with Crippen molar-refractivity contribution in [1.82, 2.24) is 4.90 Å². The van der Waals surface area contributed by atoms with Gasteiger partial charge in [-0.25, -0.2) is 0 Å². The first-order valence-electron chi connectivity index (χ1n) is 6.45. The third-order valence-electron chi connectivity index (χ3n) is 3.04. The van der Waals surface area contributed by atoms with E-state index in [2.05, 4.69) is 41.8 Å². The summed E-state index contributed by atoms with van der Waals surface area (Å²) in [5, 5.41) is 16.9. The SMILES string of the molecule is C=CO.OC1CCCN(Cc2ccccc2)CC1. The molecule has 1 heterocycles. The molecule has 1 aliphatic heterocycles. The largest absolute Gasteiger partial charge is 0.516 e. The van der Waals surface area contributed by atoms with Crippen molar-refractivity contribution in [3.8, 4) is 0 Å². The van der Waals surface area contributed by atoms with Crippen LogP contribution < -0.4 is 0 Å². The maximum atomic E-state index is 9.55. The normalized spacial score (nSPS) is 20.4. The third-order valence-corrected chi connectivity index (χ3v) is 3.04. The van der Waals surface area contributed by atoms with Gasteiger partial charge in [-0.15, -0.1) is 0 Å². The van der Waals surface area contributed by atoms with Gasteiger partial charge in [0.1, 0.15) is 0 Å². The molecular formula is C15H23NO2. The fourth-order valence-electron chi connectivity index (χ4n) is 2.14. The highest BCUT2D eigenvalue weighted by Gasteiger charge is 2.14. The van der Waals surface area contributed by atoms with Crippen LogP contribution in [0.3, 0.4) is 0 Å². The summed E-state index contributed by atoms with van der Waals surface area (Å²) >= 11 is 0. The fourth-order valence-corrected chi connectivity index (χ4v) is 2.14. The summed E-state index contributed by atoms with van der Waals surface area (Å²) in [4.78, 5) is 2.44. The zero-order valence-corrected chi connectivity index (χ0v) is 10.8. The summed E-state index contributed by atoms with van der Waals surface area (Å²) < 4.78 is 0. The number of hydrogen-bond acceptors (Lipinski definition) is 3. The molecule has 1 aromatic rings. The summed E-state index contributed by atoms with van der Waals surface area (Å²) in [6.07, 6.45) is 3.68. The Bertz CT molecular complexity index is 327. The van der Waals surface area contributed by atoms with E-state index in [4.69, 9.17) is 5.11 Å². The molecule has 100 valence electrons. The summed E-state index contributed by atoms with van der Waals surface area (Å²) in [6.45, 7) is 6.08. The molecule has 1 aromatic carbocycles. The van der Waals surface area contributed by atoms with Crippen molar-refractivity contribution in [2.24, 2.45) is 0 Å². The number of aliphatic hydroxyl groups is 2. The van der Waals surface area contributed by atoms with Crippen LogP contribution in [0.2, 0.25) is 0 Å². The molecule has 0 saturated carbocycles. The molecule has 0 aromatic heterocycles. The highest BCUT2D eigenvalue weighted by atomic mass is 16.3. The average molecular weight is 249 g/mol. The lowest BCUT2D eigenvalue weighted by molar-refractivity contribution is 0.154. The molecule has 0 radical (unpaired) electrons. The first-order valence-corrected chi connectivity index (χ1v) is 6.45. The Morgan fingerprint density at radius 2 is 1.89 bits per heavy atom. The Hall–Kier alpha value is -1.32. The van der Waals surface area contributed by atoms with Gasteiger partial charge >= 0.3 is 0 Å². The van der Waals surface area contributed by atoms with Crippen molar-refractivity contribution in [1.29, 1.82) is 0 Å². The monoisotopic (exact) mass is 249 g/mol. The van der Waals surface area contributed by atoms with Gasteiger partial charge in [0, 0.05) is 13.1 Å². The van der Waals surface area contributed by atoms with Crippen molar-refractivity contribution >= 4 is 0 Å². The van der Waals surface area contributed by atoms with Crippen LogP contribution in [0.25, 0.3) is 0 Å². The fraction of sp³-hybridized carbons (Fsp3) is 0.467. The van der Waals surface area contributed by atoms with Crippen LogP contribution in [0.1, 0.15) is 24.8 Å². The lowest BCUT2D eigenvalue weighted by atomic mass is 10.2. The predicted molar refractivity (Wildman–Crippen MR) is 74.4 cm³/mol. The van der Waals surface area contributed by atoms with Crippen LogP contribution in [0, 0.1) is 0 Å². The molecule has 2 N–H and O–H groups in total. The van der Waals surface area contributed by atoms with Crippen molar-refractivity contribution in [2.45, 2.75) is 31.9 Å². The van der Waals surface area contributed by atoms with Crippen LogP contribution >= 0.6 is 0 Å². The van der Waals surface area contributed by atoms with Crippen molar-refractivity contribution in [3.63, 3.8) is 0 Å². The Morgan fingerprint density at radius 3 is 2.56 bits per heavy atom. The van der Waals surface area contributed by atoms with Crippen LogP contribution in [0.15, 0.2) is 43.2 Å². The smallest absolute Gasteiger partial charge is 0.0719 e. The average Bonchev–Trinajstić information content (AvgIpc) is 2.57. The van der Waals surface area contributed by atoms with E-state index < -0.39 is 0 Å². The van der Waals surface area contributed by atoms with Crippen LogP contribution in [-0.4, -0.2) is 34.3 Å². The molecule has 0 bridgehead atoms. The number of nitrogens with zero attached hydrogens (tertiary/aromatic N) is 1. The number of likely N-dealkylation sites (tertiary alicyclic amines) is 1. The first-order chi connectivity index (χ1) is 8.76. The van der Waals surface area contributed by atoms with Gasteiger partial charge in [0.15, 0.2) is 0 Å². The van der Waals surface area contributed by atoms with Gasteiger partial charge < -0.3 is 10.2 Å². The molecule has 1 unspecified atom stereocenters. The molecule has 0 aliphatic carbocycles. The van der Waals surface area contributed by atoms with Gasteiger partial charge in [-0.1, -0.05) is 36.9 Å². The molecule has 1 aliphatic rings. The summed E-state index contributed by atoms with van der Waals surface area (Å²) in [5.74, 6) is 0. The zero-order chi connectivity index (χ0) is 13.2. The van der Waals surface area contributed by atoms with E-state index in [-0.39, 0.29) is 6.10 Å². The Morgan fingerprint density at radius 1 is 1.22 bits per heavy atom. The summed E-state index contributed by atoms with van der Waals surface area (Å²) in [6, 6.07) is 10.6. The molecule has 18 heavy (non-hydrogen) atoms. The summed E-state index contributed by atoms with van der Waals surface area (Å²) in [5.41, 5.74) is 1.37. The Labute approximate surface area is 109 Å². The van der Waals surface area contributed by atoms with Crippen LogP contribution in [-0.2, 0) is 6.54 Å². The van der Waals surface area contributed by atoms with Gasteiger partial charge in [-0.2, -0.15) is 0 Å². The first kappa shape index (κ1) is 14.7. The standard InChI is InChI=1S/C13H19NO.C2H4O/c15-13-7-4-9-14(10-8-13)11-12-5-2-1-3-6-12;1-2-3/h1-3,5-6,13,15H,4,7-11H2;2-3H,1H2. The Balaban J connectivity index is 0.000000492. The van der Waals surface area contributed by atoms with E-state index >= 15 is 0 Å². The van der Waals surface area contributed by atoms with E-state index in [0.29, 0.717) is 0 Å². The molecule has 0 spiro atoms. The summed E-state index contributed by atoms with van der Waals surface area (Å²) in [7, 11) is 0. The van der Waals surface area contributed by atoms with E-state index in [1.165, 1.54) is 5.56 Å². The second-order valence-electron chi connectivity index (χ2n) is 4.53. The number of rotatable bonds is 2. The van der Waals surface area contributed by atoms with Crippen LogP contribution in [0.5, 0.6) is 0 Å². The number of benzene rings is 1. The van der Waals surface area contributed by atoms with E-state index in [1.807, 2.05) is 0 Å². The van der Waals surface area contributed by atoms with Crippen molar-refractivity contribution in [2.75, 3.05) is 13.1 Å².